The van der Waals surface area contributed by atoms with Crippen LogP contribution in [0.2, 0.25) is 0 Å². The molecule has 0 aliphatic carbocycles. The number of anilines is 1. The molecule has 0 atom stereocenters. The van der Waals surface area contributed by atoms with Crippen LogP contribution in [0, 0.1) is 0 Å². The van der Waals surface area contributed by atoms with Crippen LogP contribution in [-0.4, -0.2) is 20.4 Å². The van der Waals surface area contributed by atoms with Crippen molar-refractivity contribution < 1.29 is 4.79 Å². The van der Waals surface area contributed by atoms with Crippen LogP contribution in [0.5, 0.6) is 0 Å². The Kier molecular flexibility index (Phi) is 3.84. The SMILES string of the molecule is O=C(Nc1cnc2ccccc2c1)c1ccc(-n2cnc3ccccc32)cc1. The van der Waals surface area contributed by atoms with Crippen LogP contribution in [0.3, 0.4) is 0 Å². The van der Waals surface area contributed by atoms with Gasteiger partial charge in [0.2, 0.25) is 0 Å². The molecule has 0 spiro atoms. The zero-order valence-corrected chi connectivity index (χ0v) is 14.9. The number of para-hydroxylation sites is 3. The molecule has 0 radical (unpaired) electrons. The fourth-order valence-corrected chi connectivity index (χ4v) is 3.28. The van der Waals surface area contributed by atoms with Crippen molar-refractivity contribution in [2.24, 2.45) is 0 Å². The maximum absolute atomic E-state index is 12.6. The van der Waals surface area contributed by atoms with E-state index in [9.17, 15) is 4.79 Å². The summed E-state index contributed by atoms with van der Waals surface area (Å²) in [4.78, 5) is 21.4. The molecule has 2 heterocycles. The predicted molar refractivity (Wildman–Crippen MR) is 111 cm³/mol. The van der Waals surface area contributed by atoms with Gasteiger partial charge in [-0.05, 0) is 48.5 Å². The third-order valence-electron chi connectivity index (χ3n) is 4.71. The molecule has 1 amide bonds. The van der Waals surface area contributed by atoms with Crippen LogP contribution in [0.25, 0.3) is 27.6 Å². The molecule has 5 heteroatoms. The van der Waals surface area contributed by atoms with E-state index in [0.29, 0.717) is 11.3 Å². The van der Waals surface area contributed by atoms with E-state index in [1.165, 1.54) is 0 Å². The number of fused-ring (bicyclic) bond motifs is 2. The van der Waals surface area contributed by atoms with E-state index in [1.807, 2.05) is 83.4 Å². The molecular formula is C23H16N4O. The van der Waals surface area contributed by atoms with Crippen molar-refractivity contribution in [1.82, 2.24) is 14.5 Å². The average Bonchev–Trinajstić information content (AvgIpc) is 3.18. The number of amides is 1. The highest BCUT2D eigenvalue weighted by atomic mass is 16.1. The van der Waals surface area contributed by atoms with Gasteiger partial charge in [0.15, 0.2) is 0 Å². The molecule has 0 aliphatic rings. The lowest BCUT2D eigenvalue weighted by atomic mass is 10.1. The molecule has 5 rings (SSSR count). The van der Waals surface area contributed by atoms with Gasteiger partial charge in [-0.2, -0.15) is 0 Å². The summed E-state index contributed by atoms with van der Waals surface area (Å²) in [5.41, 5.74) is 5.08. The molecule has 1 N–H and O–H groups in total. The predicted octanol–water partition coefficient (Wildman–Crippen LogP) is 4.83. The first-order valence-corrected chi connectivity index (χ1v) is 8.97. The fourth-order valence-electron chi connectivity index (χ4n) is 3.28. The molecular weight excluding hydrogens is 348 g/mol. The number of benzene rings is 3. The number of carbonyl (C=O) groups excluding carboxylic acids is 1. The van der Waals surface area contributed by atoms with Crippen LogP contribution < -0.4 is 5.32 Å². The average molecular weight is 364 g/mol. The summed E-state index contributed by atoms with van der Waals surface area (Å²) in [6.07, 6.45) is 3.47. The molecule has 5 nitrogen and oxygen atoms in total. The van der Waals surface area contributed by atoms with Gasteiger partial charge >= 0.3 is 0 Å². The standard InChI is InChI=1S/C23H16N4O/c28-23(26-18-13-17-5-1-2-6-20(17)24-14-18)16-9-11-19(12-10-16)27-15-25-21-7-3-4-8-22(21)27/h1-15H,(H,26,28). The fraction of sp³-hybridized carbons (Fsp3) is 0. The summed E-state index contributed by atoms with van der Waals surface area (Å²) in [7, 11) is 0. The van der Waals surface area contributed by atoms with Crippen LogP contribution in [0.4, 0.5) is 5.69 Å². The lowest BCUT2D eigenvalue weighted by molar-refractivity contribution is 0.102. The second kappa shape index (κ2) is 6.63. The minimum atomic E-state index is -0.167. The van der Waals surface area contributed by atoms with Crippen LogP contribution >= 0.6 is 0 Å². The maximum Gasteiger partial charge on any atom is 0.255 e. The Morgan fingerprint density at radius 3 is 2.43 bits per heavy atom. The number of nitrogens with one attached hydrogen (secondary N) is 1. The number of hydrogen-bond donors (Lipinski definition) is 1. The topological polar surface area (TPSA) is 59.8 Å². The summed E-state index contributed by atoms with van der Waals surface area (Å²) in [5.74, 6) is -0.167. The molecule has 0 aliphatic heterocycles. The van der Waals surface area contributed by atoms with Gasteiger partial charge in [0, 0.05) is 16.6 Å². The second-order valence-electron chi connectivity index (χ2n) is 6.52. The minimum absolute atomic E-state index is 0.167. The van der Waals surface area contributed by atoms with E-state index in [1.54, 1.807) is 12.5 Å². The Hall–Kier alpha value is -3.99. The van der Waals surface area contributed by atoms with E-state index >= 15 is 0 Å². The van der Waals surface area contributed by atoms with Gasteiger partial charge in [0.1, 0.15) is 6.33 Å². The maximum atomic E-state index is 12.6. The van der Waals surface area contributed by atoms with E-state index in [0.717, 1.165) is 27.6 Å². The highest BCUT2D eigenvalue weighted by Crippen LogP contribution is 2.20. The first kappa shape index (κ1) is 16.2. The van der Waals surface area contributed by atoms with Crippen molar-refractivity contribution in [1.29, 1.82) is 0 Å². The third-order valence-corrected chi connectivity index (χ3v) is 4.71. The minimum Gasteiger partial charge on any atom is -0.321 e. The first-order valence-electron chi connectivity index (χ1n) is 8.97. The van der Waals surface area contributed by atoms with E-state index < -0.39 is 0 Å². The Morgan fingerprint density at radius 2 is 1.57 bits per heavy atom. The first-order chi connectivity index (χ1) is 13.8. The summed E-state index contributed by atoms with van der Waals surface area (Å²) in [6, 6.07) is 25.2. The zero-order chi connectivity index (χ0) is 18.9. The van der Waals surface area contributed by atoms with Gasteiger partial charge in [0.25, 0.3) is 5.91 Å². The Labute approximate surface area is 161 Å². The van der Waals surface area contributed by atoms with Crippen molar-refractivity contribution in [3.63, 3.8) is 0 Å². The Morgan fingerprint density at radius 1 is 0.821 bits per heavy atom. The van der Waals surface area contributed by atoms with Crippen molar-refractivity contribution >= 4 is 33.5 Å². The van der Waals surface area contributed by atoms with E-state index in [-0.39, 0.29) is 5.91 Å². The van der Waals surface area contributed by atoms with Crippen molar-refractivity contribution in [2.45, 2.75) is 0 Å². The summed E-state index contributed by atoms with van der Waals surface area (Å²) < 4.78 is 2.00. The van der Waals surface area contributed by atoms with Gasteiger partial charge in [-0.1, -0.05) is 30.3 Å². The highest BCUT2D eigenvalue weighted by molar-refractivity contribution is 6.05. The summed E-state index contributed by atoms with van der Waals surface area (Å²) in [5, 5.41) is 3.90. The molecule has 2 aromatic heterocycles. The van der Waals surface area contributed by atoms with Gasteiger partial charge in [-0.3, -0.25) is 14.3 Å². The van der Waals surface area contributed by atoms with Crippen LogP contribution in [-0.2, 0) is 0 Å². The van der Waals surface area contributed by atoms with E-state index in [4.69, 9.17) is 0 Å². The third kappa shape index (κ3) is 2.89. The van der Waals surface area contributed by atoms with Crippen LogP contribution in [0.1, 0.15) is 10.4 Å². The number of hydrogen-bond acceptors (Lipinski definition) is 3. The Balaban J connectivity index is 1.39. The van der Waals surface area contributed by atoms with Crippen molar-refractivity contribution in [2.75, 3.05) is 5.32 Å². The molecule has 0 saturated heterocycles. The zero-order valence-electron chi connectivity index (χ0n) is 14.9. The molecule has 0 unspecified atom stereocenters. The van der Waals surface area contributed by atoms with Gasteiger partial charge in [0.05, 0.1) is 28.4 Å². The molecule has 0 bridgehead atoms. The van der Waals surface area contributed by atoms with Crippen molar-refractivity contribution in [3.8, 4) is 5.69 Å². The number of nitrogens with zero attached hydrogens (tertiary/aromatic N) is 3. The molecule has 3 aromatic carbocycles. The molecule has 134 valence electrons. The molecule has 0 saturated carbocycles. The Bertz CT molecular complexity index is 1310. The van der Waals surface area contributed by atoms with Crippen LogP contribution in [0.15, 0.2) is 91.4 Å². The quantitative estimate of drug-likeness (QED) is 0.499. The second-order valence-corrected chi connectivity index (χ2v) is 6.52. The molecule has 5 aromatic rings. The summed E-state index contributed by atoms with van der Waals surface area (Å²) >= 11 is 0. The monoisotopic (exact) mass is 364 g/mol. The summed E-state index contributed by atoms with van der Waals surface area (Å²) in [6.45, 7) is 0. The lowest BCUT2D eigenvalue weighted by Crippen LogP contribution is -2.12. The smallest absolute Gasteiger partial charge is 0.255 e. The molecule has 0 fully saturated rings. The number of pyridine rings is 1. The lowest BCUT2D eigenvalue weighted by Gasteiger charge is -2.08. The number of rotatable bonds is 3. The van der Waals surface area contributed by atoms with E-state index in [2.05, 4.69) is 15.3 Å². The highest BCUT2D eigenvalue weighted by Gasteiger charge is 2.09. The van der Waals surface area contributed by atoms with Gasteiger partial charge < -0.3 is 5.32 Å². The number of aromatic nitrogens is 3. The normalized spacial score (nSPS) is 11.0. The largest absolute Gasteiger partial charge is 0.321 e. The van der Waals surface area contributed by atoms with Gasteiger partial charge in [-0.25, -0.2) is 4.98 Å². The molecule has 28 heavy (non-hydrogen) atoms. The van der Waals surface area contributed by atoms with Gasteiger partial charge in [-0.15, -0.1) is 0 Å². The number of carbonyl (C=O) groups is 1. The van der Waals surface area contributed by atoms with Crippen molar-refractivity contribution in [3.05, 3.63) is 97.0 Å². The number of imidazole rings is 1.